The van der Waals surface area contributed by atoms with Crippen LogP contribution in [0.2, 0.25) is 0 Å². The number of alkyl halides is 3. The minimum Gasteiger partial charge on any atom is -0.487 e. The molecule has 2 amide bonds. The zero-order chi connectivity index (χ0) is 24.2. The molecule has 1 N–H and O–H groups in total. The van der Waals surface area contributed by atoms with E-state index in [1.165, 1.54) is 35.2 Å². The molecule has 1 aliphatic heterocycles. The standard InChI is InChI=1S/C23H22F4N2O4/c1-3-29-18(13-33-15-9-7-8-14(12-15)23(25,26)27)19(21(30)32-4-2)20(28-22(29)31)16-10-5-6-11-17(16)24/h5-12,20H,3-4,13H2,1-2H3,(H,28,31)/t20-/m1/s1. The Morgan fingerprint density at radius 1 is 1.12 bits per heavy atom. The summed E-state index contributed by atoms with van der Waals surface area (Å²) in [4.78, 5) is 26.8. The normalized spacial score (nSPS) is 16.5. The first kappa shape index (κ1) is 24.1. The predicted octanol–water partition coefficient (Wildman–Crippen LogP) is 4.83. The van der Waals surface area contributed by atoms with Gasteiger partial charge in [-0.3, -0.25) is 4.90 Å². The highest BCUT2D eigenvalue weighted by Gasteiger charge is 2.39. The van der Waals surface area contributed by atoms with Gasteiger partial charge in [0, 0.05) is 12.1 Å². The summed E-state index contributed by atoms with van der Waals surface area (Å²) >= 11 is 0. The lowest BCUT2D eigenvalue weighted by molar-refractivity contribution is -0.139. The molecule has 0 bridgehead atoms. The Labute approximate surface area is 187 Å². The van der Waals surface area contributed by atoms with E-state index in [0.717, 1.165) is 12.1 Å². The van der Waals surface area contributed by atoms with Crippen molar-refractivity contribution in [2.45, 2.75) is 26.1 Å². The minimum atomic E-state index is -4.56. The molecule has 0 aliphatic carbocycles. The molecular formula is C23H22F4N2O4. The maximum atomic E-state index is 14.6. The summed E-state index contributed by atoms with van der Waals surface area (Å²) in [5.41, 5.74) is -0.848. The van der Waals surface area contributed by atoms with Crippen molar-refractivity contribution >= 4 is 12.0 Å². The molecule has 0 unspecified atom stereocenters. The summed E-state index contributed by atoms with van der Waals surface area (Å²) < 4.78 is 64.4. The topological polar surface area (TPSA) is 67.9 Å². The van der Waals surface area contributed by atoms with Crippen molar-refractivity contribution in [1.82, 2.24) is 10.2 Å². The Kier molecular flexibility index (Phi) is 7.25. The second-order valence-corrected chi connectivity index (χ2v) is 7.04. The van der Waals surface area contributed by atoms with E-state index < -0.39 is 42.2 Å². The molecule has 0 spiro atoms. The van der Waals surface area contributed by atoms with Crippen LogP contribution in [0.5, 0.6) is 5.75 Å². The molecule has 176 valence electrons. The lowest BCUT2D eigenvalue weighted by atomic mass is 9.94. The molecule has 33 heavy (non-hydrogen) atoms. The third-order valence-corrected chi connectivity index (χ3v) is 5.00. The Morgan fingerprint density at radius 3 is 2.48 bits per heavy atom. The number of esters is 1. The SMILES string of the molecule is CCOC(=O)C1=C(COc2cccc(C(F)(F)F)c2)N(CC)C(=O)N[C@@H]1c1ccccc1F. The number of amides is 2. The van der Waals surface area contributed by atoms with Crippen LogP contribution in [0, 0.1) is 5.82 Å². The summed E-state index contributed by atoms with van der Waals surface area (Å²) in [5.74, 6) is -1.55. The summed E-state index contributed by atoms with van der Waals surface area (Å²) in [5, 5.41) is 2.61. The monoisotopic (exact) mass is 466 g/mol. The molecule has 6 nitrogen and oxygen atoms in total. The van der Waals surface area contributed by atoms with Crippen molar-refractivity contribution in [1.29, 1.82) is 0 Å². The van der Waals surface area contributed by atoms with Crippen LogP contribution in [0.15, 0.2) is 59.8 Å². The van der Waals surface area contributed by atoms with Crippen molar-refractivity contribution in [3.63, 3.8) is 0 Å². The fourth-order valence-corrected chi connectivity index (χ4v) is 3.50. The van der Waals surface area contributed by atoms with Gasteiger partial charge in [-0.15, -0.1) is 0 Å². The third-order valence-electron chi connectivity index (χ3n) is 5.00. The minimum absolute atomic E-state index is 0.0220. The summed E-state index contributed by atoms with van der Waals surface area (Å²) in [6.45, 7) is 2.97. The molecule has 3 rings (SSSR count). The van der Waals surface area contributed by atoms with Crippen molar-refractivity contribution in [3.05, 3.63) is 76.7 Å². The number of likely N-dealkylation sites (N-methyl/N-ethyl adjacent to an activating group) is 1. The zero-order valence-electron chi connectivity index (χ0n) is 17.9. The van der Waals surface area contributed by atoms with Gasteiger partial charge in [0.25, 0.3) is 0 Å². The number of nitrogens with one attached hydrogen (secondary N) is 1. The molecule has 0 fully saturated rings. The molecule has 2 aromatic carbocycles. The number of carbonyl (C=O) groups excluding carboxylic acids is 2. The predicted molar refractivity (Wildman–Crippen MR) is 111 cm³/mol. The van der Waals surface area contributed by atoms with Gasteiger partial charge < -0.3 is 14.8 Å². The van der Waals surface area contributed by atoms with Crippen molar-refractivity contribution in [3.8, 4) is 5.75 Å². The van der Waals surface area contributed by atoms with E-state index in [0.29, 0.717) is 0 Å². The van der Waals surface area contributed by atoms with Crippen LogP contribution in [-0.4, -0.2) is 36.7 Å². The van der Waals surface area contributed by atoms with Gasteiger partial charge in [0.2, 0.25) is 0 Å². The van der Waals surface area contributed by atoms with Gasteiger partial charge in [0.15, 0.2) is 0 Å². The zero-order valence-corrected chi connectivity index (χ0v) is 17.9. The van der Waals surface area contributed by atoms with Crippen molar-refractivity contribution in [2.75, 3.05) is 19.8 Å². The van der Waals surface area contributed by atoms with E-state index in [-0.39, 0.29) is 35.7 Å². The molecule has 1 heterocycles. The number of halogens is 4. The second-order valence-electron chi connectivity index (χ2n) is 7.04. The summed E-state index contributed by atoms with van der Waals surface area (Å²) in [6.07, 6.45) is -4.56. The lowest BCUT2D eigenvalue weighted by Gasteiger charge is -2.36. The smallest absolute Gasteiger partial charge is 0.416 e. The van der Waals surface area contributed by atoms with Crippen LogP contribution >= 0.6 is 0 Å². The van der Waals surface area contributed by atoms with Gasteiger partial charge in [-0.05, 0) is 38.1 Å². The number of urea groups is 1. The third kappa shape index (κ3) is 5.27. The first-order valence-electron chi connectivity index (χ1n) is 10.2. The molecule has 1 aliphatic rings. The molecule has 10 heteroatoms. The largest absolute Gasteiger partial charge is 0.487 e. The van der Waals surface area contributed by atoms with E-state index >= 15 is 0 Å². The number of ether oxygens (including phenoxy) is 2. The Balaban J connectivity index is 2.07. The first-order valence-corrected chi connectivity index (χ1v) is 10.2. The van der Waals surface area contributed by atoms with E-state index in [1.54, 1.807) is 19.9 Å². The number of nitrogens with zero attached hydrogens (tertiary/aromatic N) is 1. The van der Waals surface area contributed by atoms with Crippen LogP contribution in [-0.2, 0) is 15.7 Å². The number of hydrogen-bond donors (Lipinski definition) is 1. The van der Waals surface area contributed by atoms with Gasteiger partial charge in [-0.2, -0.15) is 13.2 Å². The van der Waals surface area contributed by atoms with E-state index in [1.807, 2.05) is 0 Å². The first-order chi connectivity index (χ1) is 15.7. The van der Waals surface area contributed by atoms with E-state index in [4.69, 9.17) is 9.47 Å². The Bertz CT molecular complexity index is 1070. The fraction of sp³-hybridized carbons (Fsp3) is 0.304. The second kappa shape index (κ2) is 9.93. The van der Waals surface area contributed by atoms with E-state index in [2.05, 4.69) is 5.32 Å². The highest BCUT2D eigenvalue weighted by Crippen LogP contribution is 2.34. The molecule has 2 aromatic rings. The molecule has 0 aromatic heterocycles. The maximum Gasteiger partial charge on any atom is 0.416 e. The fourth-order valence-electron chi connectivity index (χ4n) is 3.50. The maximum absolute atomic E-state index is 14.6. The Hall–Kier alpha value is -3.56. The van der Waals surface area contributed by atoms with Crippen LogP contribution in [0.25, 0.3) is 0 Å². The van der Waals surface area contributed by atoms with Crippen LogP contribution in [0.4, 0.5) is 22.4 Å². The number of benzene rings is 2. The summed E-state index contributed by atoms with van der Waals surface area (Å²) in [6, 6.07) is 8.09. The van der Waals surface area contributed by atoms with Crippen molar-refractivity contribution < 1.29 is 36.6 Å². The lowest BCUT2D eigenvalue weighted by Crippen LogP contribution is -2.49. The van der Waals surface area contributed by atoms with Gasteiger partial charge in [-0.1, -0.05) is 24.3 Å². The molecule has 1 atom stereocenters. The van der Waals surface area contributed by atoms with Crippen molar-refractivity contribution in [2.24, 2.45) is 0 Å². The highest BCUT2D eigenvalue weighted by atomic mass is 19.4. The van der Waals surface area contributed by atoms with Crippen LogP contribution < -0.4 is 10.1 Å². The quantitative estimate of drug-likeness (QED) is 0.469. The van der Waals surface area contributed by atoms with Crippen LogP contribution in [0.1, 0.15) is 31.0 Å². The van der Waals surface area contributed by atoms with E-state index in [9.17, 15) is 27.2 Å². The average molecular weight is 466 g/mol. The molecular weight excluding hydrogens is 444 g/mol. The number of hydrogen-bond acceptors (Lipinski definition) is 4. The molecule has 0 saturated carbocycles. The highest BCUT2D eigenvalue weighted by molar-refractivity contribution is 5.95. The van der Waals surface area contributed by atoms with Crippen LogP contribution in [0.3, 0.4) is 0 Å². The summed E-state index contributed by atoms with van der Waals surface area (Å²) in [7, 11) is 0. The van der Waals surface area contributed by atoms with Gasteiger partial charge in [0.05, 0.1) is 29.5 Å². The molecule has 0 radical (unpaired) electrons. The Morgan fingerprint density at radius 2 is 1.85 bits per heavy atom. The van der Waals surface area contributed by atoms with Gasteiger partial charge in [-0.25, -0.2) is 14.0 Å². The molecule has 0 saturated heterocycles. The van der Waals surface area contributed by atoms with Gasteiger partial charge in [0.1, 0.15) is 18.2 Å². The number of carbonyl (C=O) groups is 2. The van der Waals surface area contributed by atoms with Gasteiger partial charge >= 0.3 is 18.2 Å². The average Bonchev–Trinajstić information content (AvgIpc) is 2.77. The number of rotatable bonds is 7.